The lowest BCUT2D eigenvalue weighted by atomic mass is 9.95. The third-order valence-electron chi connectivity index (χ3n) is 4.74. The summed E-state index contributed by atoms with van der Waals surface area (Å²) >= 11 is 7.61. The van der Waals surface area contributed by atoms with E-state index in [2.05, 4.69) is 9.97 Å². The molecule has 1 saturated heterocycles. The highest BCUT2D eigenvalue weighted by Crippen LogP contribution is 2.44. The number of carbonyl (C=O) groups is 3. The van der Waals surface area contributed by atoms with Crippen LogP contribution in [0.3, 0.4) is 0 Å². The van der Waals surface area contributed by atoms with E-state index in [0.29, 0.717) is 16.2 Å². The molecule has 0 radical (unpaired) electrons. The second-order valence-corrected chi connectivity index (χ2v) is 8.23. The van der Waals surface area contributed by atoms with Gasteiger partial charge < -0.3 is 23.5 Å². The van der Waals surface area contributed by atoms with Crippen molar-refractivity contribution in [1.82, 2.24) is 14.5 Å². The average Bonchev–Trinajstić information content (AvgIpc) is 3.19. The van der Waals surface area contributed by atoms with Gasteiger partial charge in [-0.15, -0.1) is 0 Å². The Morgan fingerprint density at radius 3 is 2.52 bits per heavy atom. The molecule has 1 aliphatic heterocycles. The fraction of sp³-hybridized carbons (Fsp3) is 0.526. The molecule has 4 atom stereocenters. The molecule has 1 fully saturated rings. The number of thioether (sulfide) groups is 1. The van der Waals surface area contributed by atoms with Gasteiger partial charge in [-0.1, -0.05) is 23.4 Å². The number of halogens is 1. The quantitative estimate of drug-likeness (QED) is 0.204. The smallest absolute Gasteiger partial charge is 0.303 e. The molecule has 12 heteroatoms. The van der Waals surface area contributed by atoms with Crippen molar-refractivity contribution in [2.75, 3.05) is 12.9 Å². The predicted molar refractivity (Wildman–Crippen MR) is 111 cm³/mol. The molecule has 10 nitrogen and oxygen atoms in total. The van der Waals surface area contributed by atoms with Crippen molar-refractivity contribution in [3.8, 4) is 0 Å². The summed E-state index contributed by atoms with van der Waals surface area (Å²) in [7, 11) is 0. The fourth-order valence-electron chi connectivity index (χ4n) is 3.60. The first-order chi connectivity index (χ1) is 14.6. The molecule has 0 bridgehead atoms. The van der Waals surface area contributed by atoms with Gasteiger partial charge in [-0.25, -0.2) is 9.97 Å². The minimum absolute atomic E-state index is 0.203. The predicted octanol–water partition coefficient (Wildman–Crippen LogP) is 2.52. The number of hydrogen-bond acceptors (Lipinski definition) is 10. The van der Waals surface area contributed by atoms with Crippen LogP contribution in [0.2, 0.25) is 5.15 Å². The third-order valence-corrected chi connectivity index (χ3v) is 5.58. The normalized spacial score (nSPS) is 25.4. The number of esters is 3. The van der Waals surface area contributed by atoms with E-state index in [9.17, 15) is 14.4 Å². The zero-order valence-electron chi connectivity index (χ0n) is 17.6. The monoisotopic (exact) mass is 471 g/mol. The van der Waals surface area contributed by atoms with E-state index in [1.807, 2.05) is 6.26 Å². The Hall–Kier alpha value is -2.37. The van der Waals surface area contributed by atoms with Crippen LogP contribution in [0.5, 0.6) is 0 Å². The molecular formula is C19H22ClN3O7S. The van der Waals surface area contributed by atoms with Crippen molar-refractivity contribution < 1.29 is 33.3 Å². The zero-order valence-corrected chi connectivity index (χ0v) is 19.2. The molecule has 3 rings (SSSR count). The van der Waals surface area contributed by atoms with E-state index in [-0.39, 0.29) is 11.8 Å². The number of carbonyl (C=O) groups excluding carboxylic acids is 3. The van der Waals surface area contributed by atoms with Crippen molar-refractivity contribution >= 4 is 52.3 Å². The summed E-state index contributed by atoms with van der Waals surface area (Å²) in [4.78, 5) is 43.9. The molecule has 1 aliphatic rings. The lowest BCUT2D eigenvalue weighted by Gasteiger charge is -2.34. The molecule has 0 spiro atoms. The molecule has 31 heavy (non-hydrogen) atoms. The molecule has 0 aromatic carbocycles. The standard InChI is InChI=1S/C19H22ClN3O7S/c1-9(24)27-8-13-14(28-10(2)25)19(4,30-11(3)26)17(29-13)23-7-6-12-15(20)21-18(31-5)22-16(12)23/h6-7,13-14,17H,8H2,1-5H3/t13-,14-,17?,19-/m1/s1. The van der Waals surface area contributed by atoms with E-state index in [1.54, 1.807) is 23.8 Å². The minimum Gasteiger partial charge on any atom is -0.463 e. The van der Waals surface area contributed by atoms with Crippen LogP contribution in [0.4, 0.5) is 0 Å². The Bertz CT molecular complexity index is 1030. The summed E-state index contributed by atoms with van der Waals surface area (Å²) in [6.45, 7) is 5.11. The number of nitrogens with zero attached hydrogens (tertiary/aromatic N) is 3. The lowest BCUT2D eigenvalue weighted by Crippen LogP contribution is -2.50. The summed E-state index contributed by atoms with van der Waals surface area (Å²) in [6.07, 6.45) is 0.580. The summed E-state index contributed by atoms with van der Waals surface area (Å²) in [5.74, 6) is -1.73. The van der Waals surface area contributed by atoms with Crippen LogP contribution in [0.1, 0.15) is 33.9 Å². The molecule has 0 N–H and O–H groups in total. The Morgan fingerprint density at radius 1 is 1.23 bits per heavy atom. The van der Waals surface area contributed by atoms with Gasteiger partial charge in [-0.3, -0.25) is 14.4 Å². The SMILES string of the molecule is CSc1nc(Cl)c2ccn(C3O[C@H](COC(C)=O)[C@@H](OC(C)=O)[C@@]3(C)OC(C)=O)c2n1. The maximum absolute atomic E-state index is 12.0. The van der Waals surface area contributed by atoms with Crippen molar-refractivity contribution in [3.05, 3.63) is 17.4 Å². The fourth-order valence-corrected chi connectivity index (χ4v) is 4.24. The van der Waals surface area contributed by atoms with E-state index in [1.165, 1.54) is 32.5 Å². The number of fused-ring (bicyclic) bond motifs is 1. The molecule has 0 aliphatic carbocycles. The van der Waals surface area contributed by atoms with E-state index in [0.717, 1.165) is 0 Å². The topological polar surface area (TPSA) is 119 Å². The molecule has 1 unspecified atom stereocenters. The van der Waals surface area contributed by atoms with E-state index >= 15 is 0 Å². The lowest BCUT2D eigenvalue weighted by molar-refractivity contribution is -0.184. The van der Waals surface area contributed by atoms with Crippen LogP contribution in [-0.4, -0.2) is 63.1 Å². The van der Waals surface area contributed by atoms with Gasteiger partial charge in [0.2, 0.25) is 0 Å². The molecule has 168 valence electrons. The molecule has 0 amide bonds. The average molecular weight is 472 g/mol. The highest BCUT2D eigenvalue weighted by atomic mass is 35.5. The zero-order chi connectivity index (χ0) is 22.9. The largest absolute Gasteiger partial charge is 0.463 e. The van der Waals surface area contributed by atoms with Gasteiger partial charge in [0, 0.05) is 27.0 Å². The van der Waals surface area contributed by atoms with Gasteiger partial charge in [0.25, 0.3) is 0 Å². The van der Waals surface area contributed by atoms with Crippen molar-refractivity contribution in [2.45, 2.75) is 56.9 Å². The van der Waals surface area contributed by atoms with Gasteiger partial charge in [-0.2, -0.15) is 0 Å². The van der Waals surface area contributed by atoms with Crippen molar-refractivity contribution in [3.63, 3.8) is 0 Å². The maximum atomic E-state index is 12.0. The van der Waals surface area contributed by atoms with Crippen LogP contribution in [-0.2, 0) is 33.3 Å². The number of ether oxygens (including phenoxy) is 4. The van der Waals surface area contributed by atoms with Crippen LogP contribution < -0.4 is 0 Å². The Kier molecular flexibility index (Phi) is 6.77. The maximum Gasteiger partial charge on any atom is 0.303 e. The first-order valence-corrected chi connectivity index (χ1v) is 10.9. The molecule has 0 saturated carbocycles. The third kappa shape index (κ3) is 4.63. The number of rotatable bonds is 6. The summed E-state index contributed by atoms with van der Waals surface area (Å²) in [6, 6.07) is 1.71. The van der Waals surface area contributed by atoms with Crippen LogP contribution >= 0.6 is 23.4 Å². The Morgan fingerprint density at radius 2 is 1.94 bits per heavy atom. The second-order valence-electron chi connectivity index (χ2n) is 7.10. The summed E-state index contributed by atoms with van der Waals surface area (Å²) < 4.78 is 24.0. The van der Waals surface area contributed by atoms with Crippen molar-refractivity contribution in [2.24, 2.45) is 0 Å². The second kappa shape index (κ2) is 9.01. The Labute approximate surface area is 187 Å². The minimum atomic E-state index is -1.45. The van der Waals surface area contributed by atoms with Gasteiger partial charge in [0.05, 0.1) is 5.39 Å². The van der Waals surface area contributed by atoms with Crippen LogP contribution in [0.25, 0.3) is 11.0 Å². The number of hydrogen-bond donors (Lipinski definition) is 0. The summed E-state index contributed by atoms with van der Waals surface area (Å²) in [5.41, 5.74) is -1.01. The summed E-state index contributed by atoms with van der Waals surface area (Å²) in [5, 5.41) is 1.27. The van der Waals surface area contributed by atoms with Gasteiger partial charge in [-0.05, 0) is 19.2 Å². The van der Waals surface area contributed by atoms with Gasteiger partial charge >= 0.3 is 17.9 Å². The van der Waals surface area contributed by atoms with Crippen LogP contribution in [0.15, 0.2) is 17.4 Å². The first-order valence-electron chi connectivity index (χ1n) is 9.30. The van der Waals surface area contributed by atoms with Crippen molar-refractivity contribution in [1.29, 1.82) is 0 Å². The van der Waals surface area contributed by atoms with Crippen LogP contribution in [0, 0.1) is 0 Å². The highest BCUT2D eigenvalue weighted by Gasteiger charge is 2.60. The van der Waals surface area contributed by atoms with E-state index < -0.39 is 41.9 Å². The molecule has 2 aromatic rings. The number of aromatic nitrogens is 3. The Balaban J connectivity index is 2.13. The van der Waals surface area contributed by atoms with Gasteiger partial charge in [0.1, 0.15) is 23.5 Å². The molecule has 3 heterocycles. The molecular weight excluding hydrogens is 450 g/mol. The molecule has 2 aromatic heterocycles. The first kappa shape index (κ1) is 23.3. The van der Waals surface area contributed by atoms with E-state index in [4.69, 9.17) is 30.5 Å². The van der Waals surface area contributed by atoms with Gasteiger partial charge in [0.15, 0.2) is 23.1 Å². The highest BCUT2D eigenvalue weighted by molar-refractivity contribution is 7.98.